The van der Waals surface area contributed by atoms with Crippen LogP contribution in [0.2, 0.25) is 5.15 Å². The maximum Gasteiger partial charge on any atom is 0.132 e. The molecule has 0 amide bonds. The first-order valence-electron chi connectivity index (χ1n) is 4.81. The second-order valence-corrected chi connectivity index (χ2v) is 4.41. The predicted molar refractivity (Wildman–Crippen MR) is 55.2 cm³/mol. The van der Waals surface area contributed by atoms with Gasteiger partial charge in [-0.1, -0.05) is 24.6 Å². The topological polar surface area (TPSA) is 12.9 Å². The van der Waals surface area contributed by atoms with Crippen LogP contribution in [0.3, 0.4) is 0 Å². The third-order valence-corrected chi connectivity index (χ3v) is 3.15. The maximum atomic E-state index is 5.98. The zero-order valence-electron chi connectivity index (χ0n) is 8.10. The standard InChI is InChI=1S/C11H14ClN/c1-7-3-4-9-6-8(2)11(12)13-10(9)5-7/h6-7H,3-5H2,1-2H3. The van der Waals surface area contributed by atoms with Crippen molar-refractivity contribution in [1.29, 1.82) is 0 Å². The van der Waals surface area contributed by atoms with E-state index >= 15 is 0 Å². The molecule has 2 rings (SSSR count). The summed E-state index contributed by atoms with van der Waals surface area (Å²) in [5, 5.41) is 0.674. The maximum absolute atomic E-state index is 5.98. The Morgan fingerprint density at radius 1 is 1.54 bits per heavy atom. The Morgan fingerprint density at radius 2 is 2.31 bits per heavy atom. The second kappa shape index (κ2) is 3.30. The Morgan fingerprint density at radius 3 is 3.08 bits per heavy atom. The number of nitrogens with zero attached hydrogens (tertiary/aromatic N) is 1. The number of halogens is 1. The Balaban J connectivity index is 2.43. The summed E-state index contributed by atoms with van der Waals surface area (Å²) in [5.74, 6) is 0.763. The van der Waals surface area contributed by atoms with Gasteiger partial charge >= 0.3 is 0 Å². The van der Waals surface area contributed by atoms with Crippen molar-refractivity contribution in [3.8, 4) is 0 Å². The van der Waals surface area contributed by atoms with E-state index < -0.39 is 0 Å². The van der Waals surface area contributed by atoms with Gasteiger partial charge < -0.3 is 0 Å². The number of fused-ring (bicyclic) bond motifs is 1. The molecule has 0 radical (unpaired) electrons. The smallest absolute Gasteiger partial charge is 0.132 e. The summed E-state index contributed by atoms with van der Waals surface area (Å²) in [5.41, 5.74) is 3.73. The van der Waals surface area contributed by atoms with E-state index in [0.29, 0.717) is 5.15 Å². The average Bonchev–Trinajstić information content (AvgIpc) is 2.08. The van der Waals surface area contributed by atoms with Gasteiger partial charge in [-0.05, 0) is 43.2 Å². The van der Waals surface area contributed by atoms with Crippen molar-refractivity contribution < 1.29 is 0 Å². The van der Waals surface area contributed by atoms with Gasteiger partial charge in [-0.2, -0.15) is 0 Å². The van der Waals surface area contributed by atoms with Gasteiger partial charge in [-0.25, -0.2) is 4.98 Å². The minimum absolute atomic E-state index is 0.674. The average molecular weight is 196 g/mol. The van der Waals surface area contributed by atoms with Gasteiger partial charge in [0.25, 0.3) is 0 Å². The van der Waals surface area contributed by atoms with Gasteiger partial charge in [0.05, 0.1) is 0 Å². The number of pyridine rings is 1. The Hall–Kier alpha value is -0.560. The lowest BCUT2D eigenvalue weighted by atomic mass is 9.88. The van der Waals surface area contributed by atoms with Gasteiger partial charge in [-0.15, -0.1) is 0 Å². The molecule has 0 saturated heterocycles. The molecule has 1 nitrogen and oxygen atoms in total. The lowest BCUT2D eigenvalue weighted by Gasteiger charge is -2.21. The van der Waals surface area contributed by atoms with Crippen LogP contribution >= 0.6 is 11.6 Å². The van der Waals surface area contributed by atoms with Crippen LogP contribution in [0.4, 0.5) is 0 Å². The van der Waals surface area contributed by atoms with Crippen molar-refractivity contribution in [2.75, 3.05) is 0 Å². The number of aromatic nitrogens is 1. The highest BCUT2D eigenvalue weighted by Gasteiger charge is 2.17. The molecule has 1 unspecified atom stereocenters. The molecule has 1 aliphatic carbocycles. The van der Waals surface area contributed by atoms with Gasteiger partial charge in [-0.3, -0.25) is 0 Å². The first-order chi connectivity index (χ1) is 6.16. The quantitative estimate of drug-likeness (QED) is 0.580. The highest BCUT2D eigenvalue weighted by atomic mass is 35.5. The van der Waals surface area contributed by atoms with Crippen LogP contribution in [-0.4, -0.2) is 4.98 Å². The number of rotatable bonds is 0. The molecule has 1 aromatic heterocycles. The van der Waals surface area contributed by atoms with E-state index in [1.54, 1.807) is 0 Å². The van der Waals surface area contributed by atoms with Crippen LogP contribution < -0.4 is 0 Å². The third-order valence-electron chi connectivity index (χ3n) is 2.77. The van der Waals surface area contributed by atoms with E-state index in [0.717, 1.165) is 17.9 Å². The van der Waals surface area contributed by atoms with Crippen LogP contribution in [0.5, 0.6) is 0 Å². The summed E-state index contributed by atoms with van der Waals surface area (Å²) in [6.07, 6.45) is 3.55. The van der Waals surface area contributed by atoms with E-state index in [4.69, 9.17) is 11.6 Å². The molecule has 0 fully saturated rings. The molecule has 0 aromatic carbocycles. The first-order valence-corrected chi connectivity index (χ1v) is 5.19. The zero-order chi connectivity index (χ0) is 9.42. The highest BCUT2D eigenvalue weighted by molar-refractivity contribution is 6.30. The molecular weight excluding hydrogens is 182 g/mol. The monoisotopic (exact) mass is 195 g/mol. The highest BCUT2D eigenvalue weighted by Crippen LogP contribution is 2.26. The molecule has 0 aliphatic heterocycles. The van der Waals surface area contributed by atoms with Crippen LogP contribution in [-0.2, 0) is 12.8 Å². The summed E-state index contributed by atoms with van der Waals surface area (Å²) in [4.78, 5) is 4.43. The third kappa shape index (κ3) is 1.71. The molecule has 0 saturated carbocycles. The van der Waals surface area contributed by atoms with E-state index in [9.17, 15) is 0 Å². The molecule has 0 N–H and O–H groups in total. The largest absolute Gasteiger partial charge is 0.241 e. The van der Waals surface area contributed by atoms with Crippen molar-refractivity contribution in [1.82, 2.24) is 4.98 Å². The second-order valence-electron chi connectivity index (χ2n) is 4.05. The van der Waals surface area contributed by atoms with Crippen LogP contribution in [0.1, 0.15) is 30.2 Å². The van der Waals surface area contributed by atoms with Gasteiger partial charge in [0.1, 0.15) is 5.15 Å². The van der Waals surface area contributed by atoms with Gasteiger partial charge in [0.15, 0.2) is 0 Å². The van der Waals surface area contributed by atoms with Gasteiger partial charge in [0.2, 0.25) is 0 Å². The fourth-order valence-electron chi connectivity index (χ4n) is 1.91. The Kier molecular flexibility index (Phi) is 2.29. The van der Waals surface area contributed by atoms with E-state index in [1.165, 1.54) is 24.1 Å². The van der Waals surface area contributed by atoms with Crippen molar-refractivity contribution in [3.63, 3.8) is 0 Å². The van der Waals surface area contributed by atoms with Crippen molar-refractivity contribution in [2.24, 2.45) is 5.92 Å². The number of hydrogen-bond acceptors (Lipinski definition) is 1. The number of hydrogen-bond donors (Lipinski definition) is 0. The van der Waals surface area contributed by atoms with E-state index in [1.807, 2.05) is 6.92 Å². The van der Waals surface area contributed by atoms with Crippen LogP contribution in [0, 0.1) is 12.8 Å². The molecule has 0 bridgehead atoms. The predicted octanol–water partition coefficient (Wildman–Crippen LogP) is 3.17. The molecule has 1 aromatic rings. The van der Waals surface area contributed by atoms with Crippen molar-refractivity contribution >= 4 is 11.6 Å². The van der Waals surface area contributed by atoms with E-state index in [-0.39, 0.29) is 0 Å². The fraction of sp³-hybridized carbons (Fsp3) is 0.545. The molecule has 1 aliphatic rings. The Labute approximate surface area is 84.1 Å². The first kappa shape index (κ1) is 9.01. The lowest BCUT2D eigenvalue weighted by molar-refractivity contribution is 0.492. The molecule has 0 spiro atoms. The molecule has 2 heteroatoms. The summed E-state index contributed by atoms with van der Waals surface area (Å²) < 4.78 is 0. The van der Waals surface area contributed by atoms with Crippen LogP contribution in [0.25, 0.3) is 0 Å². The summed E-state index contributed by atoms with van der Waals surface area (Å²) in [6.45, 7) is 4.30. The molecule has 70 valence electrons. The SMILES string of the molecule is Cc1cc2c(nc1Cl)CC(C)CC2. The minimum atomic E-state index is 0.674. The molecular formula is C11H14ClN. The summed E-state index contributed by atoms with van der Waals surface area (Å²) in [6, 6.07) is 2.19. The number of aryl methyl sites for hydroxylation is 2. The summed E-state index contributed by atoms with van der Waals surface area (Å²) in [7, 11) is 0. The van der Waals surface area contributed by atoms with Crippen molar-refractivity contribution in [3.05, 3.63) is 28.0 Å². The molecule has 13 heavy (non-hydrogen) atoms. The fourth-order valence-corrected chi connectivity index (χ4v) is 2.07. The van der Waals surface area contributed by atoms with Crippen LogP contribution in [0.15, 0.2) is 6.07 Å². The van der Waals surface area contributed by atoms with E-state index in [2.05, 4.69) is 18.0 Å². The summed E-state index contributed by atoms with van der Waals surface area (Å²) >= 11 is 5.98. The Bertz CT molecular complexity index is 333. The molecule has 1 atom stereocenters. The molecule has 1 heterocycles. The normalized spacial score (nSPS) is 21.3. The zero-order valence-corrected chi connectivity index (χ0v) is 8.86. The van der Waals surface area contributed by atoms with Crippen molar-refractivity contribution in [2.45, 2.75) is 33.1 Å². The lowest BCUT2D eigenvalue weighted by Crippen LogP contribution is -2.13. The van der Waals surface area contributed by atoms with Gasteiger partial charge in [0, 0.05) is 5.69 Å². The minimum Gasteiger partial charge on any atom is -0.241 e.